The molecule has 2 nitrogen and oxygen atoms in total. The molecule has 0 radical (unpaired) electrons. The second-order valence-corrected chi connectivity index (χ2v) is 6.11. The first-order valence-corrected chi connectivity index (χ1v) is 7.74. The van der Waals surface area contributed by atoms with Gasteiger partial charge in [-0.25, -0.2) is 0 Å². The molecular weight excluding hydrogens is 256 g/mol. The lowest BCUT2D eigenvalue weighted by molar-refractivity contribution is 0.322. The Morgan fingerprint density at radius 1 is 1.42 bits per heavy atom. The molecule has 1 aromatic rings. The summed E-state index contributed by atoms with van der Waals surface area (Å²) in [5.41, 5.74) is 2.41. The molecule has 0 amide bonds. The lowest BCUT2D eigenvalue weighted by Gasteiger charge is -2.39. The zero-order chi connectivity index (χ0) is 13.8. The quantitative estimate of drug-likeness (QED) is 0.901. The normalized spacial score (nSPS) is 23.7. The van der Waals surface area contributed by atoms with E-state index >= 15 is 0 Å². The summed E-state index contributed by atoms with van der Waals surface area (Å²) >= 11 is 6.23. The van der Waals surface area contributed by atoms with Crippen molar-refractivity contribution in [3.05, 3.63) is 28.8 Å². The summed E-state index contributed by atoms with van der Waals surface area (Å²) in [5, 5.41) is 4.53. The van der Waals surface area contributed by atoms with Crippen molar-refractivity contribution in [2.75, 3.05) is 24.5 Å². The molecule has 1 saturated heterocycles. The number of benzene rings is 1. The molecule has 0 aliphatic carbocycles. The van der Waals surface area contributed by atoms with Gasteiger partial charge in [0.15, 0.2) is 0 Å². The van der Waals surface area contributed by atoms with Gasteiger partial charge >= 0.3 is 0 Å². The third kappa shape index (κ3) is 3.64. The molecule has 0 bridgehead atoms. The summed E-state index contributed by atoms with van der Waals surface area (Å²) < 4.78 is 0. The highest BCUT2D eigenvalue weighted by Gasteiger charge is 2.25. The first-order valence-electron chi connectivity index (χ1n) is 7.36. The molecule has 2 unspecified atom stereocenters. The number of anilines is 1. The summed E-state index contributed by atoms with van der Waals surface area (Å²) in [6.45, 7) is 9.98. The fourth-order valence-corrected chi connectivity index (χ4v) is 2.97. The summed E-state index contributed by atoms with van der Waals surface area (Å²) in [6.07, 6.45) is 2.42. The third-order valence-corrected chi connectivity index (χ3v) is 4.49. The molecule has 1 aliphatic heterocycles. The Morgan fingerprint density at radius 2 is 2.21 bits per heavy atom. The molecule has 0 saturated carbocycles. The molecule has 0 spiro atoms. The lowest BCUT2D eigenvalue weighted by atomic mass is 9.93. The maximum absolute atomic E-state index is 6.23. The van der Waals surface area contributed by atoms with Crippen LogP contribution in [0.25, 0.3) is 0 Å². The molecule has 1 N–H and O–H groups in total. The van der Waals surface area contributed by atoms with E-state index in [1.54, 1.807) is 0 Å². The smallest absolute Gasteiger partial charge is 0.0455 e. The van der Waals surface area contributed by atoms with Gasteiger partial charge in [0.2, 0.25) is 0 Å². The Balaban J connectivity index is 1.99. The van der Waals surface area contributed by atoms with E-state index in [1.165, 1.54) is 18.5 Å². The molecular formula is C16H25ClN2. The number of piperidine rings is 1. The fraction of sp³-hybridized carbons (Fsp3) is 0.625. The van der Waals surface area contributed by atoms with Gasteiger partial charge in [-0.2, -0.15) is 0 Å². The van der Waals surface area contributed by atoms with Crippen molar-refractivity contribution in [3.8, 4) is 0 Å². The van der Waals surface area contributed by atoms with Gasteiger partial charge in [-0.3, -0.25) is 0 Å². The van der Waals surface area contributed by atoms with Crippen LogP contribution in [0.3, 0.4) is 0 Å². The Morgan fingerprint density at radius 3 is 2.84 bits per heavy atom. The number of nitrogens with zero attached hydrogens (tertiary/aromatic N) is 1. The van der Waals surface area contributed by atoms with Crippen molar-refractivity contribution in [1.82, 2.24) is 5.32 Å². The Labute approximate surface area is 122 Å². The average Bonchev–Trinajstić information content (AvgIpc) is 2.40. The molecule has 19 heavy (non-hydrogen) atoms. The summed E-state index contributed by atoms with van der Waals surface area (Å²) in [6, 6.07) is 7.07. The van der Waals surface area contributed by atoms with E-state index in [4.69, 9.17) is 11.6 Å². The van der Waals surface area contributed by atoms with Crippen molar-refractivity contribution in [3.63, 3.8) is 0 Å². The van der Waals surface area contributed by atoms with E-state index in [0.29, 0.717) is 12.0 Å². The van der Waals surface area contributed by atoms with Gasteiger partial charge < -0.3 is 10.2 Å². The highest BCUT2D eigenvalue weighted by atomic mass is 35.5. The minimum Gasteiger partial charge on any atom is -0.371 e. The maximum atomic E-state index is 6.23. The second-order valence-electron chi connectivity index (χ2n) is 5.71. The van der Waals surface area contributed by atoms with Crippen LogP contribution in [0.2, 0.25) is 5.02 Å². The Hall–Kier alpha value is -0.730. The van der Waals surface area contributed by atoms with Crippen LogP contribution in [0.15, 0.2) is 18.2 Å². The minimum absolute atomic E-state index is 0.664. The van der Waals surface area contributed by atoms with E-state index in [2.05, 4.69) is 49.2 Å². The number of nitrogens with one attached hydrogen (secondary N) is 1. The SMILES string of the molecule is CCCNC1CCN(c2ccc(C)c(Cl)c2)CC1C. The summed E-state index contributed by atoms with van der Waals surface area (Å²) in [7, 11) is 0. The summed E-state index contributed by atoms with van der Waals surface area (Å²) in [5.74, 6) is 0.681. The van der Waals surface area contributed by atoms with Crippen molar-refractivity contribution in [1.29, 1.82) is 0 Å². The summed E-state index contributed by atoms with van der Waals surface area (Å²) in [4.78, 5) is 2.46. The van der Waals surface area contributed by atoms with Crippen LogP contribution in [0.5, 0.6) is 0 Å². The van der Waals surface area contributed by atoms with Gasteiger partial charge in [0.1, 0.15) is 0 Å². The molecule has 1 aliphatic rings. The monoisotopic (exact) mass is 280 g/mol. The first kappa shape index (κ1) is 14.7. The van der Waals surface area contributed by atoms with Crippen LogP contribution in [0.1, 0.15) is 32.3 Å². The minimum atomic E-state index is 0.664. The highest BCUT2D eigenvalue weighted by molar-refractivity contribution is 6.31. The van der Waals surface area contributed by atoms with E-state index in [9.17, 15) is 0 Å². The zero-order valence-electron chi connectivity index (χ0n) is 12.2. The van der Waals surface area contributed by atoms with Gasteiger partial charge in [0.05, 0.1) is 0 Å². The fourth-order valence-electron chi connectivity index (χ4n) is 2.79. The van der Waals surface area contributed by atoms with Gasteiger partial charge in [-0.15, -0.1) is 0 Å². The predicted octanol–water partition coefficient (Wildman–Crippen LogP) is 3.86. The maximum Gasteiger partial charge on any atom is 0.0455 e. The van der Waals surface area contributed by atoms with Crippen LogP contribution in [-0.2, 0) is 0 Å². The van der Waals surface area contributed by atoms with Crippen molar-refractivity contribution < 1.29 is 0 Å². The molecule has 106 valence electrons. The van der Waals surface area contributed by atoms with Crippen LogP contribution < -0.4 is 10.2 Å². The van der Waals surface area contributed by atoms with Gasteiger partial charge in [0, 0.05) is 29.8 Å². The zero-order valence-corrected chi connectivity index (χ0v) is 13.0. The number of halogens is 1. The molecule has 0 aromatic heterocycles. The van der Waals surface area contributed by atoms with Crippen LogP contribution >= 0.6 is 11.6 Å². The lowest BCUT2D eigenvalue weighted by Crippen LogP contribution is -2.48. The molecule has 1 heterocycles. The predicted molar refractivity (Wildman–Crippen MR) is 84.3 cm³/mol. The largest absolute Gasteiger partial charge is 0.371 e. The van der Waals surface area contributed by atoms with E-state index in [1.807, 2.05) is 0 Å². The van der Waals surface area contributed by atoms with Crippen molar-refractivity contribution in [2.45, 2.75) is 39.7 Å². The van der Waals surface area contributed by atoms with E-state index in [0.717, 1.165) is 30.2 Å². The third-order valence-electron chi connectivity index (χ3n) is 4.08. The van der Waals surface area contributed by atoms with E-state index < -0.39 is 0 Å². The number of hydrogen-bond acceptors (Lipinski definition) is 2. The van der Waals surface area contributed by atoms with Gasteiger partial charge in [-0.1, -0.05) is 31.5 Å². The van der Waals surface area contributed by atoms with Gasteiger partial charge in [-0.05, 0) is 49.9 Å². The number of hydrogen-bond donors (Lipinski definition) is 1. The van der Waals surface area contributed by atoms with E-state index in [-0.39, 0.29) is 0 Å². The van der Waals surface area contributed by atoms with Crippen molar-refractivity contribution in [2.24, 2.45) is 5.92 Å². The van der Waals surface area contributed by atoms with Crippen molar-refractivity contribution >= 4 is 17.3 Å². The number of aryl methyl sites for hydroxylation is 1. The topological polar surface area (TPSA) is 15.3 Å². The van der Waals surface area contributed by atoms with Crippen LogP contribution in [-0.4, -0.2) is 25.7 Å². The number of rotatable bonds is 4. The molecule has 2 rings (SSSR count). The van der Waals surface area contributed by atoms with Crippen LogP contribution in [0, 0.1) is 12.8 Å². The second kappa shape index (κ2) is 6.62. The molecule has 1 fully saturated rings. The van der Waals surface area contributed by atoms with Crippen LogP contribution in [0.4, 0.5) is 5.69 Å². The van der Waals surface area contributed by atoms with Gasteiger partial charge in [0.25, 0.3) is 0 Å². The molecule has 3 heteroatoms. The highest BCUT2D eigenvalue weighted by Crippen LogP contribution is 2.27. The Bertz CT molecular complexity index is 419. The Kier molecular flexibility index (Phi) is 5.12. The standard InChI is InChI=1S/C16H25ClN2/c1-4-8-18-16-7-9-19(11-13(16)3)14-6-5-12(2)15(17)10-14/h5-6,10,13,16,18H,4,7-9,11H2,1-3H3. The molecule has 2 atom stereocenters. The first-order chi connectivity index (χ1) is 9.11. The average molecular weight is 281 g/mol. The molecule has 1 aromatic carbocycles.